The zero-order valence-corrected chi connectivity index (χ0v) is 22.2. The largest absolute Gasteiger partial charge is 0.495 e. The third-order valence-electron chi connectivity index (χ3n) is 6.92. The van der Waals surface area contributed by atoms with Gasteiger partial charge in [-0.25, -0.2) is 4.68 Å². The van der Waals surface area contributed by atoms with E-state index in [2.05, 4.69) is 20.6 Å². The number of alkyl halides is 3. The standard InChI is InChI=1S/C29H28F3N5O3/c1-17-4-8-20(12-26(17)37-16-25(35-36-37)21-11-23(39-2)15-33-14-21)28(38)34-24-13-22(29(30,31)32)10-19(27(24)40-3)9-7-18-5-6-18/h4,8,10-16,18H,5-7,9H2,1-3H3,(H,34,38). The number of aryl methyl sites for hydroxylation is 2. The zero-order valence-electron chi connectivity index (χ0n) is 22.2. The van der Waals surface area contributed by atoms with E-state index < -0.39 is 17.6 Å². The maximum absolute atomic E-state index is 13.7. The summed E-state index contributed by atoms with van der Waals surface area (Å²) in [4.78, 5) is 17.4. The Morgan fingerprint density at radius 1 is 1.10 bits per heavy atom. The van der Waals surface area contributed by atoms with Gasteiger partial charge < -0.3 is 14.8 Å². The van der Waals surface area contributed by atoms with E-state index in [9.17, 15) is 18.0 Å². The van der Waals surface area contributed by atoms with Gasteiger partial charge in [-0.2, -0.15) is 13.2 Å². The summed E-state index contributed by atoms with van der Waals surface area (Å²) in [5.41, 5.74) is 2.45. The molecule has 8 nitrogen and oxygen atoms in total. The molecule has 2 aromatic carbocycles. The van der Waals surface area contributed by atoms with E-state index in [4.69, 9.17) is 9.47 Å². The van der Waals surface area contributed by atoms with Gasteiger partial charge >= 0.3 is 6.18 Å². The Morgan fingerprint density at radius 3 is 2.60 bits per heavy atom. The molecule has 4 aromatic rings. The Balaban J connectivity index is 1.44. The summed E-state index contributed by atoms with van der Waals surface area (Å²) in [5, 5.41) is 11.1. The normalized spacial score (nSPS) is 13.2. The van der Waals surface area contributed by atoms with E-state index >= 15 is 0 Å². The maximum atomic E-state index is 13.7. The molecule has 0 aliphatic heterocycles. The molecule has 1 aliphatic carbocycles. The van der Waals surface area contributed by atoms with Crippen LogP contribution in [-0.4, -0.2) is 40.1 Å². The monoisotopic (exact) mass is 551 g/mol. The number of rotatable bonds is 9. The van der Waals surface area contributed by atoms with Gasteiger partial charge in [0.25, 0.3) is 5.91 Å². The number of nitrogens with one attached hydrogen (secondary N) is 1. The van der Waals surface area contributed by atoms with Gasteiger partial charge in [0.1, 0.15) is 17.2 Å². The lowest BCUT2D eigenvalue weighted by molar-refractivity contribution is -0.137. The number of halogens is 3. The van der Waals surface area contributed by atoms with Crippen molar-refractivity contribution in [1.82, 2.24) is 20.0 Å². The second-order valence-corrected chi connectivity index (χ2v) is 9.81. The number of ether oxygens (including phenoxy) is 2. The topological polar surface area (TPSA) is 91.2 Å². The Morgan fingerprint density at radius 2 is 1.90 bits per heavy atom. The molecule has 40 heavy (non-hydrogen) atoms. The fourth-order valence-corrected chi connectivity index (χ4v) is 4.51. The number of pyridine rings is 1. The lowest BCUT2D eigenvalue weighted by atomic mass is 10.0. The van der Waals surface area contributed by atoms with Crippen LogP contribution in [0.5, 0.6) is 11.5 Å². The molecule has 2 heterocycles. The number of methoxy groups -OCH3 is 2. The lowest BCUT2D eigenvalue weighted by Gasteiger charge is -2.18. The average molecular weight is 552 g/mol. The molecule has 0 radical (unpaired) electrons. The van der Waals surface area contributed by atoms with E-state index in [0.29, 0.717) is 40.6 Å². The van der Waals surface area contributed by atoms with Crippen molar-refractivity contribution < 1.29 is 27.4 Å². The molecule has 2 aromatic heterocycles. The minimum atomic E-state index is -4.57. The first kappa shape index (κ1) is 27.2. The van der Waals surface area contributed by atoms with Crippen molar-refractivity contribution in [3.63, 3.8) is 0 Å². The molecule has 1 aliphatic rings. The van der Waals surface area contributed by atoms with Crippen molar-refractivity contribution in [2.75, 3.05) is 19.5 Å². The van der Waals surface area contributed by atoms with Crippen LogP contribution in [0.25, 0.3) is 16.9 Å². The lowest BCUT2D eigenvalue weighted by Crippen LogP contribution is -2.16. The van der Waals surface area contributed by atoms with E-state index in [1.165, 1.54) is 11.8 Å². The fourth-order valence-electron chi connectivity index (χ4n) is 4.51. The number of carbonyl (C=O) groups excluding carboxylic acids is 1. The van der Waals surface area contributed by atoms with Crippen molar-refractivity contribution in [3.8, 4) is 28.4 Å². The highest BCUT2D eigenvalue weighted by Gasteiger charge is 2.33. The van der Waals surface area contributed by atoms with Crippen LogP contribution in [0.4, 0.5) is 18.9 Å². The predicted octanol–water partition coefficient (Wildman–Crippen LogP) is 6.27. The predicted molar refractivity (Wildman–Crippen MR) is 143 cm³/mol. The number of nitrogens with zero attached hydrogens (tertiary/aromatic N) is 4. The van der Waals surface area contributed by atoms with Crippen LogP contribution in [0.2, 0.25) is 0 Å². The van der Waals surface area contributed by atoms with Gasteiger partial charge in [-0.05, 0) is 67.1 Å². The number of amides is 1. The van der Waals surface area contributed by atoms with E-state index in [-0.39, 0.29) is 17.0 Å². The Hall–Kier alpha value is -4.41. The van der Waals surface area contributed by atoms with Crippen molar-refractivity contribution in [3.05, 3.63) is 77.2 Å². The maximum Gasteiger partial charge on any atom is 0.416 e. The summed E-state index contributed by atoms with van der Waals surface area (Å²) in [7, 11) is 2.94. The Bertz CT molecular complexity index is 1550. The summed E-state index contributed by atoms with van der Waals surface area (Å²) in [6, 6.07) is 8.76. The minimum absolute atomic E-state index is 0.0242. The molecule has 0 unspecified atom stereocenters. The van der Waals surface area contributed by atoms with Crippen LogP contribution in [0, 0.1) is 12.8 Å². The quantitative estimate of drug-likeness (QED) is 0.264. The van der Waals surface area contributed by atoms with Crippen LogP contribution in [0.1, 0.15) is 46.3 Å². The number of benzene rings is 2. The summed E-state index contributed by atoms with van der Waals surface area (Å²) >= 11 is 0. The van der Waals surface area contributed by atoms with Gasteiger partial charge in [0.05, 0.1) is 43.6 Å². The zero-order chi connectivity index (χ0) is 28.4. The van der Waals surface area contributed by atoms with Crippen molar-refractivity contribution in [2.45, 2.75) is 38.8 Å². The first-order valence-electron chi connectivity index (χ1n) is 12.8. The molecule has 1 fully saturated rings. The molecule has 11 heteroatoms. The van der Waals surface area contributed by atoms with Gasteiger partial charge in [-0.3, -0.25) is 9.78 Å². The van der Waals surface area contributed by atoms with Crippen LogP contribution < -0.4 is 14.8 Å². The van der Waals surface area contributed by atoms with Gasteiger partial charge in [0.2, 0.25) is 0 Å². The van der Waals surface area contributed by atoms with Crippen LogP contribution in [0.15, 0.2) is 55.0 Å². The molecule has 0 spiro atoms. The number of carbonyl (C=O) groups is 1. The number of hydrogen-bond donors (Lipinski definition) is 1. The van der Waals surface area contributed by atoms with Crippen molar-refractivity contribution in [1.29, 1.82) is 0 Å². The highest BCUT2D eigenvalue weighted by atomic mass is 19.4. The molecule has 0 atom stereocenters. The third-order valence-corrected chi connectivity index (χ3v) is 6.92. The fraction of sp³-hybridized carbons (Fsp3) is 0.310. The second-order valence-electron chi connectivity index (χ2n) is 9.81. The second kappa shape index (κ2) is 11.0. The highest BCUT2D eigenvalue weighted by molar-refractivity contribution is 6.05. The minimum Gasteiger partial charge on any atom is -0.495 e. The van der Waals surface area contributed by atoms with Crippen molar-refractivity contribution >= 4 is 11.6 Å². The summed E-state index contributed by atoms with van der Waals surface area (Å²) in [5.74, 6) is 0.759. The van der Waals surface area contributed by atoms with E-state index in [0.717, 1.165) is 37.0 Å². The molecular formula is C29H28F3N5O3. The van der Waals surface area contributed by atoms with E-state index in [1.54, 1.807) is 50.0 Å². The van der Waals surface area contributed by atoms with Gasteiger partial charge in [-0.15, -0.1) is 5.10 Å². The molecule has 1 amide bonds. The summed E-state index contributed by atoms with van der Waals surface area (Å²) in [6.45, 7) is 1.85. The first-order chi connectivity index (χ1) is 19.2. The van der Waals surface area contributed by atoms with Gasteiger partial charge in [0, 0.05) is 17.3 Å². The number of aromatic nitrogens is 4. The SMILES string of the molecule is COc1cncc(-c2cn(-c3cc(C(=O)Nc4cc(C(F)(F)F)cc(CCC5CC5)c4OC)ccc3C)nn2)c1. The highest BCUT2D eigenvalue weighted by Crippen LogP contribution is 2.41. The smallest absolute Gasteiger partial charge is 0.416 e. The molecule has 5 rings (SSSR count). The molecular weight excluding hydrogens is 523 g/mol. The molecule has 208 valence electrons. The Labute approximate surface area is 229 Å². The average Bonchev–Trinajstić information content (AvgIpc) is 3.64. The van der Waals surface area contributed by atoms with Crippen molar-refractivity contribution in [2.24, 2.45) is 5.92 Å². The molecule has 0 saturated heterocycles. The summed E-state index contributed by atoms with van der Waals surface area (Å²) in [6.07, 6.45) is 3.73. The molecule has 1 N–H and O–H groups in total. The van der Waals surface area contributed by atoms with Crippen LogP contribution in [0.3, 0.4) is 0 Å². The molecule has 1 saturated carbocycles. The number of anilines is 1. The number of hydrogen-bond acceptors (Lipinski definition) is 6. The van der Waals surface area contributed by atoms with Gasteiger partial charge in [-0.1, -0.05) is 24.1 Å². The van der Waals surface area contributed by atoms with Crippen LogP contribution in [-0.2, 0) is 12.6 Å². The first-order valence-corrected chi connectivity index (χ1v) is 12.8. The molecule has 0 bridgehead atoms. The van der Waals surface area contributed by atoms with E-state index in [1.807, 2.05) is 6.92 Å². The van der Waals surface area contributed by atoms with Crippen LogP contribution >= 0.6 is 0 Å². The summed E-state index contributed by atoms with van der Waals surface area (Å²) < 4.78 is 53.4. The van der Waals surface area contributed by atoms with Gasteiger partial charge in [0.15, 0.2) is 0 Å². The Kier molecular flexibility index (Phi) is 7.46. The third kappa shape index (κ3) is 5.93.